The highest BCUT2D eigenvalue weighted by Crippen LogP contribution is 2.61. The van der Waals surface area contributed by atoms with Crippen molar-refractivity contribution in [3.8, 4) is 0 Å². The van der Waals surface area contributed by atoms with Crippen molar-refractivity contribution in [2.24, 2.45) is 17.8 Å². The number of carbonyl (C=O) groups excluding carboxylic acids is 4. The molecule has 3 aromatic rings. The number of benzene rings is 3. The first kappa shape index (κ1) is 27.7. The van der Waals surface area contributed by atoms with Gasteiger partial charge in [-0.3, -0.25) is 19.3 Å². The van der Waals surface area contributed by atoms with Gasteiger partial charge in [-0.15, -0.1) is 0 Å². The van der Waals surface area contributed by atoms with E-state index in [1.165, 1.54) is 0 Å². The van der Waals surface area contributed by atoms with Crippen molar-refractivity contribution in [1.29, 1.82) is 0 Å². The number of amides is 3. The van der Waals surface area contributed by atoms with Crippen LogP contribution in [0.25, 0.3) is 0 Å². The molecule has 7 nitrogen and oxygen atoms in total. The first-order valence-electron chi connectivity index (χ1n) is 13.6. The van der Waals surface area contributed by atoms with Gasteiger partial charge >= 0.3 is 5.97 Å². The fourth-order valence-electron chi connectivity index (χ4n) is 6.77. The number of nitrogens with zero attached hydrogens (tertiary/aromatic N) is 1. The maximum Gasteiger partial charge on any atom is 0.329 e. The minimum Gasteiger partial charge on any atom is -0.454 e. The Morgan fingerprint density at radius 1 is 0.902 bits per heavy atom. The molecule has 3 aromatic carbocycles. The lowest BCUT2D eigenvalue weighted by Gasteiger charge is -2.45. The van der Waals surface area contributed by atoms with E-state index in [2.05, 4.69) is 21.2 Å². The number of nitrogens with one attached hydrogen (secondary N) is 1. The van der Waals surface area contributed by atoms with E-state index in [0.717, 1.165) is 31.6 Å². The van der Waals surface area contributed by atoms with Gasteiger partial charge in [-0.2, -0.15) is 0 Å². The van der Waals surface area contributed by atoms with Crippen molar-refractivity contribution in [3.63, 3.8) is 0 Å². The molecule has 3 atom stereocenters. The Morgan fingerprint density at radius 2 is 1.41 bits per heavy atom. The highest BCUT2D eigenvalue weighted by atomic mass is 79.9. The average molecular weight is 636 g/mol. The molecule has 1 aliphatic heterocycles. The normalized spacial score (nSPS) is 22.7. The molecule has 0 aromatic heterocycles. The smallest absolute Gasteiger partial charge is 0.329 e. The van der Waals surface area contributed by atoms with E-state index < -0.39 is 36.4 Å². The second kappa shape index (κ2) is 10.7. The molecule has 1 saturated heterocycles. The summed E-state index contributed by atoms with van der Waals surface area (Å²) < 4.78 is 6.16. The highest BCUT2D eigenvalue weighted by Gasteiger charge is 2.63. The molecule has 210 valence electrons. The summed E-state index contributed by atoms with van der Waals surface area (Å²) in [5, 5.41) is 2.95. The molecule has 41 heavy (non-hydrogen) atoms. The third-order valence-electron chi connectivity index (χ3n) is 8.31. The largest absolute Gasteiger partial charge is 0.454 e. The lowest BCUT2D eigenvalue weighted by atomic mass is 9.55. The van der Waals surface area contributed by atoms with Gasteiger partial charge in [-0.05, 0) is 52.8 Å². The van der Waals surface area contributed by atoms with E-state index >= 15 is 0 Å². The molecule has 0 unspecified atom stereocenters. The van der Waals surface area contributed by atoms with Gasteiger partial charge in [-0.1, -0.05) is 89.9 Å². The van der Waals surface area contributed by atoms with Gasteiger partial charge < -0.3 is 10.1 Å². The standard InChI is InChI=1S/C32H28BrClN2O5/c1-16(2)13-24(32(40)41-15-25(37)35-23-12-11-17(33)14-22(23)34)36-30(38)28-26-18-7-3-4-8-19(18)27(29(28)31(36)39)21-10-6-5-9-20(21)26/h3-12,14,16,24,26-29H,13,15H2,1-2H3,(H,35,37)/t24-,26?,27?,28+,29+/m1/s1. The summed E-state index contributed by atoms with van der Waals surface area (Å²) in [5.41, 5.74) is 4.62. The van der Waals surface area contributed by atoms with Gasteiger partial charge in [0.05, 0.1) is 22.5 Å². The number of ether oxygens (including phenoxy) is 1. The summed E-state index contributed by atoms with van der Waals surface area (Å²) >= 11 is 9.50. The van der Waals surface area contributed by atoms with E-state index in [-0.39, 0.29) is 36.0 Å². The number of hydrogen-bond acceptors (Lipinski definition) is 5. The van der Waals surface area contributed by atoms with E-state index in [1.807, 2.05) is 62.4 Å². The first-order chi connectivity index (χ1) is 19.7. The van der Waals surface area contributed by atoms with Gasteiger partial charge in [0.1, 0.15) is 6.04 Å². The zero-order chi connectivity index (χ0) is 29.0. The van der Waals surface area contributed by atoms with Crippen molar-refractivity contribution in [2.45, 2.75) is 38.1 Å². The molecule has 7 rings (SSSR count). The summed E-state index contributed by atoms with van der Waals surface area (Å²) in [5.74, 6) is -3.81. The summed E-state index contributed by atoms with van der Waals surface area (Å²) in [4.78, 5) is 55.5. The van der Waals surface area contributed by atoms with Gasteiger partial charge in [0.25, 0.3) is 5.91 Å². The fourth-order valence-corrected chi connectivity index (χ4v) is 7.49. The topological polar surface area (TPSA) is 92.8 Å². The van der Waals surface area contributed by atoms with Crippen molar-refractivity contribution in [1.82, 2.24) is 4.90 Å². The van der Waals surface area contributed by atoms with Crippen LogP contribution in [0.5, 0.6) is 0 Å². The van der Waals surface area contributed by atoms with Gasteiger partial charge in [-0.25, -0.2) is 4.79 Å². The van der Waals surface area contributed by atoms with E-state index in [1.54, 1.807) is 18.2 Å². The number of rotatable bonds is 7. The average Bonchev–Trinajstić information content (AvgIpc) is 3.22. The van der Waals surface area contributed by atoms with Gasteiger partial charge in [0.15, 0.2) is 6.61 Å². The molecular weight excluding hydrogens is 608 g/mol. The minimum atomic E-state index is -1.13. The number of anilines is 1. The molecule has 0 radical (unpaired) electrons. The Morgan fingerprint density at radius 3 is 1.88 bits per heavy atom. The SMILES string of the molecule is CC(C)C[C@H](C(=O)OCC(=O)Nc1ccc(Br)cc1Cl)N1C(=O)[C@H]2C3c4ccccc4C(c4ccccc43)[C@@H]2C1=O. The highest BCUT2D eigenvalue weighted by molar-refractivity contribution is 9.10. The van der Waals surface area contributed by atoms with Crippen LogP contribution in [0.4, 0.5) is 5.69 Å². The van der Waals surface area contributed by atoms with E-state index in [4.69, 9.17) is 16.3 Å². The maximum absolute atomic E-state index is 14.1. The maximum atomic E-state index is 14.1. The van der Waals surface area contributed by atoms with Crippen molar-refractivity contribution in [2.75, 3.05) is 11.9 Å². The number of likely N-dealkylation sites (tertiary alicyclic amines) is 1. The van der Waals surface area contributed by atoms with Crippen molar-refractivity contribution >= 4 is 56.9 Å². The Kier molecular flexibility index (Phi) is 7.24. The first-order valence-corrected chi connectivity index (χ1v) is 14.8. The molecule has 0 spiro atoms. The fraction of sp³-hybridized carbons (Fsp3) is 0.312. The molecule has 3 amide bonds. The Labute approximate surface area is 251 Å². The minimum absolute atomic E-state index is 0.0164. The van der Waals surface area contributed by atoms with Crippen LogP contribution >= 0.6 is 27.5 Å². The Bertz CT molecular complexity index is 1470. The van der Waals surface area contributed by atoms with Gasteiger partial charge in [0.2, 0.25) is 11.8 Å². The number of halogens is 2. The van der Waals surface area contributed by atoms with Crippen molar-refractivity contribution in [3.05, 3.63) is 98.5 Å². The predicted molar refractivity (Wildman–Crippen MR) is 157 cm³/mol. The summed E-state index contributed by atoms with van der Waals surface area (Å²) in [6.07, 6.45) is 0.227. The Balaban J connectivity index is 1.26. The lowest BCUT2D eigenvalue weighted by molar-refractivity contribution is -0.160. The van der Waals surface area contributed by atoms with E-state index in [0.29, 0.717) is 10.7 Å². The molecule has 9 heteroatoms. The van der Waals surface area contributed by atoms with Crippen LogP contribution in [-0.4, -0.2) is 41.2 Å². The molecule has 1 fully saturated rings. The summed E-state index contributed by atoms with van der Waals surface area (Å²) in [7, 11) is 0. The number of hydrogen-bond donors (Lipinski definition) is 1. The van der Waals surface area contributed by atoms with E-state index in [9.17, 15) is 19.2 Å². The summed E-state index contributed by atoms with van der Waals surface area (Å²) in [6.45, 7) is 3.25. The van der Waals surface area contributed by atoms with Crippen LogP contribution in [-0.2, 0) is 23.9 Å². The second-order valence-corrected chi connectivity index (χ2v) is 12.6. The number of esters is 1. The van der Waals surface area contributed by atoms with Crippen LogP contribution in [0.2, 0.25) is 5.02 Å². The molecular formula is C32H28BrClN2O5. The predicted octanol–water partition coefficient (Wildman–Crippen LogP) is 5.89. The van der Waals surface area contributed by atoms with Crippen LogP contribution < -0.4 is 5.32 Å². The quantitative estimate of drug-likeness (QED) is 0.258. The third-order valence-corrected chi connectivity index (χ3v) is 9.12. The lowest BCUT2D eigenvalue weighted by Crippen LogP contribution is -2.47. The van der Waals surface area contributed by atoms with Crippen LogP contribution in [0.1, 0.15) is 54.4 Å². The third kappa shape index (κ3) is 4.67. The van der Waals surface area contributed by atoms with Gasteiger partial charge in [0, 0.05) is 16.3 Å². The summed E-state index contributed by atoms with van der Waals surface area (Å²) in [6, 6.07) is 19.8. The monoisotopic (exact) mass is 634 g/mol. The molecule has 1 heterocycles. The molecule has 1 N–H and O–H groups in total. The molecule has 4 aliphatic rings. The molecule has 0 saturated carbocycles. The van der Waals surface area contributed by atoms with Crippen molar-refractivity contribution < 1.29 is 23.9 Å². The zero-order valence-electron chi connectivity index (χ0n) is 22.5. The van der Waals surface area contributed by atoms with Crippen LogP contribution in [0, 0.1) is 17.8 Å². The zero-order valence-corrected chi connectivity index (χ0v) is 24.8. The second-order valence-electron chi connectivity index (χ2n) is 11.2. The Hall–Kier alpha value is -3.49. The van der Waals surface area contributed by atoms with Crippen LogP contribution in [0.15, 0.2) is 71.2 Å². The molecule has 3 aliphatic carbocycles. The number of imide groups is 1. The molecule has 2 bridgehead atoms. The number of carbonyl (C=O) groups is 4. The van der Waals surface area contributed by atoms with Crippen LogP contribution in [0.3, 0.4) is 0 Å².